The summed E-state index contributed by atoms with van der Waals surface area (Å²) in [5.41, 5.74) is 0.695. The summed E-state index contributed by atoms with van der Waals surface area (Å²) in [6, 6.07) is 3.51. The minimum absolute atomic E-state index is 0.0185. The predicted octanol–water partition coefficient (Wildman–Crippen LogP) is 1.73. The molecule has 4 nitrogen and oxygen atoms in total. The molecule has 0 aliphatic rings. The summed E-state index contributed by atoms with van der Waals surface area (Å²) >= 11 is 0. The highest BCUT2D eigenvalue weighted by molar-refractivity contribution is 5.96. The predicted molar refractivity (Wildman–Crippen MR) is 60.7 cm³/mol. The second-order valence-corrected chi connectivity index (χ2v) is 4.78. The largest absolute Gasteiger partial charge is 0.351 e. The Morgan fingerprint density at radius 2 is 2.25 bits per heavy atom. The molecule has 0 aliphatic heterocycles. The highest BCUT2D eigenvalue weighted by Crippen LogP contribution is 2.11. The minimum atomic E-state index is -0.250. The average Bonchev–Trinajstić information content (AvgIpc) is 2.25. The van der Waals surface area contributed by atoms with Crippen LogP contribution in [0.25, 0.3) is 0 Å². The van der Waals surface area contributed by atoms with Crippen LogP contribution in [0.4, 0.5) is 0 Å². The molecule has 0 spiro atoms. The van der Waals surface area contributed by atoms with Gasteiger partial charge in [0.1, 0.15) is 6.07 Å². The summed E-state index contributed by atoms with van der Waals surface area (Å²) in [6.45, 7) is 6.65. The van der Waals surface area contributed by atoms with Gasteiger partial charge in [-0.15, -0.1) is 0 Å². The fourth-order valence-electron chi connectivity index (χ4n) is 1.11. The second-order valence-electron chi connectivity index (χ2n) is 4.78. The van der Waals surface area contributed by atoms with Gasteiger partial charge in [0.25, 0.3) is 5.91 Å². The molecule has 0 bridgehead atoms. The van der Waals surface area contributed by atoms with Crippen LogP contribution >= 0.6 is 0 Å². The number of amides is 1. The Balaban J connectivity index is 2.78. The Labute approximate surface area is 95.3 Å². The third-order valence-corrected chi connectivity index (χ3v) is 1.97. The third kappa shape index (κ3) is 3.35. The van der Waals surface area contributed by atoms with Crippen molar-refractivity contribution >= 4 is 5.91 Å². The van der Waals surface area contributed by atoms with Gasteiger partial charge in [-0.05, 0) is 11.5 Å². The summed E-state index contributed by atoms with van der Waals surface area (Å²) in [4.78, 5) is 15.6. The maximum absolute atomic E-state index is 11.8. The van der Waals surface area contributed by atoms with Gasteiger partial charge in [0.2, 0.25) is 0 Å². The van der Waals surface area contributed by atoms with Gasteiger partial charge < -0.3 is 5.32 Å². The van der Waals surface area contributed by atoms with Gasteiger partial charge in [-0.3, -0.25) is 9.78 Å². The van der Waals surface area contributed by atoms with Crippen molar-refractivity contribution in [1.29, 1.82) is 5.26 Å². The number of carbonyl (C=O) groups is 1. The lowest BCUT2D eigenvalue weighted by molar-refractivity contribution is 0.0938. The van der Waals surface area contributed by atoms with E-state index in [-0.39, 0.29) is 11.3 Å². The highest BCUT2D eigenvalue weighted by atomic mass is 16.1. The Bertz CT molecular complexity index is 427. The molecule has 0 aliphatic carbocycles. The first-order valence-electron chi connectivity index (χ1n) is 5.06. The molecule has 0 saturated carbocycles. The van der Waals surface area contributed by atoms with E-state index in [1.165, 1.54) is 18.5 Å². The Morgan fingerprint density at radius 3 is 2.81 bits per heavy atom. The van der Waals surface area contributed by atoms with Gasteiger partial charge in [0.15, 0.2) is 0 Å². The van der Waals surface area contributed by atoms with Gasteiger partial charge in [-0.25, -0.2) is 0 Å². The van der Waals surface area contributed by atoms with E-state index in [1.54, 1.807) is 0 Å². The first kappa shape index (κ1) is 12.2. The van der Waals surface area contributed by atoms with Crippen molar-refractivity contribution in [3.8, 4) is 6.07 Å². The molecule has 84 valence electrons. The maximum Gasteiger partial charge on any atom is 0.254 e. The number of rotatable bonds is 2. The maximum atomic E-state index is 11.8. The van der Waals surface area contributed by atoms with Gasteiger partial charge in [0.05, 0.1) is 11.1 Å². The van der Waals surface area contributed by atoms with Crippen LogP contribution in [0.2, 0.25) is 0 Å². The second kappa shape index (κ2) is 4.75. The first-order chi connectivity index (χ1) is 7.44. The van der Waals surface area contributed by atoms with Crippen molar-refractivity contribution in [2.45, 2.75) is 20.8 Å². The normalized spacial score (nSPS) is 10.6. The zero-order chi connectivity index (χ0) is 12.2. The number of carbonyl (C=O) groups excluding carboxylic acids is 1. The molecular weight excluding hydrogens is 202 g/mol. The average molecular weight is 217 g/mol. The Morgan fingerprint density at radius 1 is 1.56 bits per heavy atom. The van der Waals surface area contributed by atoms with E-state index in [1.807, 2.05) is 26.8 Å². The number of nitrogens with zero attached hydrogens (tertiary/aromatic N) is 2. The van der Waals surface area contributed by atoms with E-state index >= 15 is 0 Å². The molecule has 1 N–H and O–H groups in total. The number of nitrogens with one attached hydrogen (secondary N) is 1. The van der Waals surface area contributed by atoms with Crippen LogP contribution in [-0.4, -0.2) is 17.4 Å². The lowest BCUT2D eigenvalue weighted by Crippen LogP contribution is -2.32. The summed E-state index contributed by atoms with van der Waals surface area (Å²) in [5, 5.41) is 11.6. The Kier molecular flexibility index (Phi) is 3.62. The van der Waals surface area contributed by atoms with Gasteiger partial charge in [-0.2, -0.15) is 5.26 Å². The van der Waals surface area contributed by atoms with Crippen LogP contribution in [0.1, 0.15) is 36.7 Å². The number of hydrogen-bond acceptors (Lipinski definition) is 3. The van der Waals surface area contributed by atoms with Crippen LogP contribution in [-0.2, 0) is 0 Å². The van der Waals surface area contributed by atoms with Crippen molar-refractivity contribution in [2.24, 2.45) is 5.41 Å². The molecule has 1 heterocycles. The fraction of sp³-hybridized carbons (Fsp3) is 0.417. The quantitative estimate of drug-likeness (QED) is 0.820. The fourth-order valence-corrected chi connectivity index (χ4v) is 1.11. The molecule has 4 heteroatoms. The monoisotopic (exact) mass is 217 g/mol. The lowest BCUT2D eigenvalue weighted by Gasteiger charge is -2.18. The van der Waals surface area contributed by atoms with Crippen molar-refractivity contribution in [3.05, 3.63) is 29.6 Å². The molecule has 0 fully saturated rings. The zero-order valence-electron chi connectivity index (χ0n) is 9.74. The highest BCUT2D eigenvalue weighted by Gasteiger charge is 2.15. The molecule has 0 atom stereocenters. The van der Waals surface area contributed by atoms with Crippen molar-refractivity contribution in [3.63, 3.8) is 0 Å². The topological polar surface area (TPSA) is 65.8 Å². The molecule has 0 aromatic carbocycles. The van der Waals surface area contributed by atoms with Gasteiger partial charge >= 0.3 is 0 Å². The third-order valence-electron chi connectivity index (χ3n) is 1.97. The van der Waals surface area contributed by atoms with E-state index in [4.69, 9.17) is 5.26 Å². The van der Waals surface area contributed by atoms with E-state index in [2.05, 4.69) is 10.3 Å². The number of aromatic nitrogens is 1. The summed E-state index contributed by atoms with van der Waals surface area (Å²) < 4.78 is 0. The standard InChI is InChI=1S/C12H15N3O/c1-12(2,3)8-15-11(16)10-7-14-5-4-9(10)6-13/h4-5,7H,8H2,1-3H3,(H,15,16). The van der Waals surface area contributed by atoms with Crippen LogP contribution in [0.15, 0.2) is 18.5 Å². The van der Waals surface area contributed by atoms with E-state index in [0.29, 0.717) is 17.7 Å². The Hall–Kier alpha value is -1.89. The number of nitriles is 1. The minimum Gasteiger partial charge on any atom is -0.351 e. The van der Waals surface area contributed by atoms with Crippen LogP contribution in [0, 0.1) is 16.7 Å². The number of pyridine rings is 1. The lowest BCUT2D eigenvalue weighted by atomic mass is 9.97. The van der Waals surface area contributed by atoms with Gasteiger partial charge in [-0.1, -0.05) is 20.8 Å². The number of hydrogen-bond donors (Lipinski definition) is 1. The van der Waals surface area contributed by atoms with Crippen LogP contribution in [0.3, 0.4) is 0 Å². The van der Waals surface area contributed by atoms with Crippen molar-refractivity contribution in [1.82, 2.24) is 10.3 Å². The van der Waals surface area contributed by atoms with Crippen molar-refractivity contribution < 1.29 is 4.79 Å². The summed E-state index contributed by atoms with van der Waals surface area (Å²) in [6.07, 6.45) is 2.91. The molecule has 1 aromatic heterocycles. The molecular formula is C12H15N3O. The van der Waals surface area contributed by atoms with Crippen LogP contribution < -0.4 is 5.32 Å². The molecule has 1 amide bonds. The molecule has 0 unspecified atom stereocenters. The molecule has 1 rings (SSSR count). The first-order valence-corrected chi connectivity index (χ1v) is 5.06. The molecule has 1 aromatic rings. The van der Waals surface area contributed by atoms with Gasteiger partial charge in [0, 0.05) is 18.9 Å². The van der Waals surface area contributed by atoms with E-state index in [0.717, 1.165) is 0 Å². The summed E-state index contributed by atoms with van der Waals surface area (Å²) in [7, 11) is 0. The molecule has 16 heavy (non-hydrogen) atoms. The van der Waals surface area contributed by atoms with E-state index in [9.17, 15) is 4.79 Å². The molecule has 0 radical (unpaired) electrons. The van der Waals surface area contributed by atoms with Crippen molar-refractivity contribution in [2.75, 3.05) is 6.54 Å². The SMILES string of the molecule is CC(C)(C)CNC(=O)c1cnccc1C#N. The zero-order valence-corrected chi connectivity index (χ0v) is 9.74. The summed E-state index contributed by atoms with van der Waals surface area (Å²) in [5.74, 6) is -0.250. The smallest absolute Gasteiger partial charge is 0.254 e. The van der Waals surface area contributed by atoms with E-state index < -0.39 is 0 Å². The molecule has 0 saturated heterocycles. The van der Waals surface area contributed by atoms with Crippen LogP contribution in [0.5, 0.6) is 0 Å².